The topological polar surface area (TPSA) is 89.5 Å². The summed E-state index contributed by atoms with van der Waals surface area (Å²) >= 11 is 0. The number of ether oxygens (including phenoxy) is 2. The summed E-state index contributed by atoms with van der Waals surface area (Å²) in [6, 6.07) is 0. The SMILES string of the molecule is C=CCO/N=C1/CN(C(=O)OC(C)(C)C)CC1CNC(=O)OC(C)(C)C. The Morgan fingerprint density at radius 1 is 1.23 bits per heavy atom. The first-order valence-corrected chi connectivity index (χ1v) is 8.65. The maximum atomic E-state index is 12.3. The maximum absolute atomic E-state index is 12.3. The minimum Gasteiger partial charge on any atom is -0.444 e. The van der Waals surface area contributed by atoms with Crippen molar-refractivity contribution >= 4 is 17.9 Å². The molecule has 1 aliphatic heterocycles. The number of nitrogens with zero attached hydrogens (tertiary/aromatic N) is 2. The molecule has 0 aliphatic carbocycles. The van der Waals surface area contributed by atoms with Crippen LogP contribution in [0.2, 0.25) is 0 Å². The molecule has 1 N–H and O–H groups in total. The summed E-state index contributed by atoms with van der Waals surface area (Å²) in [5.74, 6) is -0.181. The standard InChI is InChI=1S/C18H31N3O5/c1-8-9-24-20-14-12-21(16(23)26-18(5,6)7)11-13(14)10-19-15(22)25-17(2,3)4/h8,13H,1,9-12H2,2-7H3,(H,19,22)/b20-14-. The van der Waals surface area contributed by atoms with Crippen LogP contribution in [0.4, 0.5) is 9.59 Å². The fourth-order valence-electron chi connectivity index (χ4n) is 2.21. The van der Waals surface area contributed by atoms with E-state index in [0.29, 0.717) is 12.3 Å². The van der Waals surface area contributed by atoms with Gasteiger partial charge in [-0.1, -0.05) is 17.8 Å². The van der Waals surface area contributed by atoms with Crippen molar-refractivity contribution in [2.45, 2.75) is 52.7 Å². The lowest BCUT2D eigenvalue weighted by Crippen LogP contribution is -2.38. The predicted octanol–water partition coefficient (Wildman–Crippen LogP) is 2.94. The van der Waals surface area contributed by atoms with Crippen molar-refractivity contribution in [1.29, 1.82) is 0 Å². The maximum Gasteiger partial charge on any atom is 0.410 e. The van der Waals surface area contributed by atoms with E-state index in [1.165, 1.54) is 0 Å². The van der Waals surface area contributed by atoms with Crippen molar-refractivity contribution in [2.75, 3.05) is 26.2 Å². The summed E-state index contributed by atoms with van der Waals surface area (Å²) in [6.07, 6.45) is 0.645. The third-order valence-electron chi connectivity index (χ3n) is 3.18. The van der Waals surface area contributed by atoms with Crippen molar-refractivity contribution in [3.63, 3.8) is 0 Å². The Bertz CT molecular complexity index is 546. The molecular formula is C18H31N3O5. The van der Waals surface area contributed by atoms with E-state index in [-0.39, 0.29) is 25.6 Å². The molecular weight excluding hydrogens is 338 g/mol. The van der Waals surface area contributed by atoms with Crippen molar-refractivity contribution in [2.24, 2.45) is 11.1 Å². The molecule has 0 saturated carbocycles. The molecule has 148 valence electrons. The van der Waals surface area contributed by atoms with E-state index < -0.39 is 23.4 Å². The lowest BCUT2D eigenvalue weighted by molar-refractivity contribution is 0.0292. The third kappa shape index (κ3) is 8.22. The molecule has 0 aromatic rings. The summed E-state index contributed by atoms with van der Waals surface area (Å²) in [6.45, 7) is 15.6. The average molecular weight is 369 g/mol. The van der Waals surface area contributed by atoms with Crippen LogP contribution >= 0.6 is 0 Å². The molecule has 8 heteroatoms. The Hall–Kier alpha value is -2.25. The molecule has 2 amide bonds. The molecule has 1 unspecified atom stereocenters. The zero-order valence-electron chi connectivity index (χ0n) is 16.6. The van der Waals surface area contributed by atoms with Crippen LogP contribution < -0.4 is 5.32 Å². The highest BCUT2D eigenvalue weighted by atomic mass is 16.6. The number of nitrogens with one attached hydrogen (secondary N) is 1. The quantitative estimate of drug-likeness (QED) is 0.457. The smallest absolute Gasteiger partial charge is 0.410 e. The number of hydrogen-bond acceptors (Lipinski definition) is 6. The normalized spacial score (nSPS) is 19.2. The second-order valence-electron chi connectivity index (χ2n) is 8.11. The highest BCUT2D eigenvalue weighted by molar-refractivity contribution is 5.94. The first-order chi connectivity index (χ1) is 11.9. The van der Waals surface area contributed by atoms with Crippen LogP contribution in [0, 0.1) is 5.92 Å². The summed E-state index contributed by atoms with van der Waals surface area (Å²) in [4.78, 5) is 30.9. The highest BCUT2D eigenvalue weighted by Gasteiger charge is 2.35. The first-order valence-electron chi connectivity index (χ1n) is 8.65. The molecule has 0 radical (unpaired) electrons. The molecule has 1 atom stereocenters. The van der Waals surface area contributed by atoms with E-state index in [9.17, 15) is 9.59 Å². The molecule has 1 fully saturated rings. The van der Waals surface area contributed by atoms with Crippen LogP contribution in [0.15, 0.2) is 17.8 Å². The van der Waals surface area contributed by atoms with Gasteiger partial charge in [0.2, 0.25) is 0 Å². The van der Waals surface area contributed by atoms with E-state index in [4.69, 9.17) is 14.3 Å². The number of carbonyl (C=O) groups is 2. The third-order valence-corrected chi connectivity index (χ3v) is 3.18. The van der Waals surface area contributed by atoms with Crippen molar-refractivity contribution in [3.05, 3.63) is 12.7 Å². The number of rotatable bonds is 5. The van der Waals surface area contributed by atoms with Gasteiger partial charge >= 0.3 is 12.2 Å². The van der Waals surface area contributed by atoms with E-state index in [0.717, 1.165) is 0 Å². The number of hydrogen-bond donors (Lipinski definition) is 1. The molecule has 0 bridgehead atoms. The molecule has 0 aromatic carbocycles. The molecule has 26 heavy (non-hydrogen) atoms. The number of alkyl carbamates (subject to hydrolysis) is 1. The van der Waals surface area contributed by atoms with Crippen LogP contribution in [-0.4, -0.2) is 60.2 Å². The van der Waals surface area contributed by atoms with Crippen LogP contribution in [-0.2, 0) is 14.3 Å². The van der Waals surface area contributed by atoms with E-state index >= 15 is 0 Å². The van der Waals surface area contributed by atoms with Gasteiger partial charge in [0.25, 0.3) is 0 Å². The highest BCUT2D eigenvalue weighted by Crippen LogP contribution is 2.18. The van der Waals surface area contributed by atoms with Gasteiger partial charge in [0.15, 0.2) is 0 Å². The van der Waals surface area contributed by atoms with E-state index in [2.05, 4.69) is 17.1 Å². The molecule has 1 saturated heterocycles. The summed E-state index contributed by atoms with van der Waals surface area (Å²) in [5, 5.41) is 6.79. The van der Waals surface area contributed by atoms with Crippen molar-refractivity contribution in [3.8, 4) is 0 Å². The number of carbonyl (C=O) groups excluding carboxylic acids is 2. The van der Waals surface area contributed by atoms with Gasteiger partial charge < -0.3 is 24.5 Å². The second kappa shape index (κ2) is 8.91. The number of oxime groups is 1. The van der Waals surface area contributed by atoms with E-state index in [1.54, 1.807) is 31.7 Å². The molecule has 8 nitrogen and oxygen atoms in total. The Morgan fingerprint density at radius 3 is 2.38 bits per heavy atom. The van der Waals surface area contributed by atoms with Gasteiger partial charge in [-0.05, 0) is 41.5 Å². The van der Waals surface area contributed by atoms with Crippen molar-refractivity contribution < 1.29 is 23.9 Å². The minimum absolute atomic E-state index is 0.181. The molecule has 1 aliphatic rings. The Balaban J connectivity index is 2.72. The van der Waals surface area contributed by atoms with Crippen LogP contribution in [0.3, 0.4) is 0 Å². The van der Waals surface area contributed by atoms with Gasteiger partial charge in [-0.25, -0.2) is 9.59 Å². The molecule has 1 rings (SSSR count). The fraction of sp³-hybridized carbons (Fsp3) is 0.722. The zero-order valence-corrected chi connectivity index (χ0v) is 16.6. The molecule has 1 heterocycles. The van der Waals surface area contributed by atoms with Gasteiger partial charge in [-0.2, -0.15) is 0 Å². The first kappa shape index (κ1) is 21.8. The molecule has 0 spiro atoms. The number of amides is 2. The Labute approximate surface area is 155 Å². The van der Waals surface area contributed by atoms with Crippen LogP contribution in [0.5, 0.6) is 0 Å². The Morgan fingerprint density at radius 2 is 1.85 bits per heavy atom. The largest absolute Gasteiger partial charge is 0.444 e. The van der Waals surface area contributed by atoms with E-state index in [1.807, 2.05) is 20.8 Å². The monoisotopic (exact) mass is 369 g/mol. The van der Waals surface area contributed by atoms with Crippen molar-refractivity contribution in [1.82, 2.24) is 10.2 Å². The zero-order chi connectivity index (χ0) is 20.0. The summed E-state index contributed by atoms with van der Waals surface area (Å²) in [7, 11) is 0. The van der Waals surface area contributed by atoms with Gasteiger partial charge in [0.1, 0.15) is 17.8 Å². The minimum atomic E-state index is -0.583. The van der Waals surface area contributed by atoms with Gasteiger partial charge in [-0.3, -0.25) is 0 Å². The average Bonchev–Trinajstić information content (AvgIpc) is 2.85. The predicted molar refractivity (Wildman–Crippen MR) is 99.1 cm³/mol. The molecule has 0 aromatic heterocycles. The fourth-order valence-corrected chi connectivity index (χ4v) is 2.21. The second-order valence-corrected chi connectivity index (χ2v) is 8.11. The van der Waals surface area contributed by atoms with Crippen LogP contribution in [0.1, 0.15) is 41.5 Å². The number of likely N-dealkylation sites (tertiary alicyclic amines) is 1. The van der Waals surface area contributed by atoms with Gasteiger partial charge in [-0.15, -0.1) is 0 Å². The Kier molecular flexibility index (Phi) is 7.47. The van der Waals surface area contributed by atoms with Crippen LogP contribution in [0.25, 0.3) is 0 Å². The summed E-state index contributed by atoms with van der Waals surface area (Å²) < 4.78 is 10.6. The lowest BCUT2D eigenvalue weighted by Gasteiger charge is -2.24. The lowest BCUT2D eigenvalue weighted by atomic mass is 10.1. The summed E-state index contributed by atoms with van der Waals surface area (Å²) in [5.41, 5.74) is -0.499. The van der Waals surface area contributed by atoms with Gasteiger partial charge in [0.05, 0.1) is 12.3 Å². The van der Waals surface area contributed by atoms with Gasteiger partial charge in [0, 0.05) is 19.0 Å².